The minimum absolute atomic E-state index is 0.0686. The molecule has 0 saturated carbocycles. The van der Waals surface area contributed by atoms with E-state index in [-0.39, 0.29) is 6.04 Å². The fourth-order valence-electron chi connectivity index (χ4n) is 4.26. The number of nitrogens with one attached hydrogen (secondary N) is 1. The molecule has 0 spiro atoms. The van der Waals surface area contributed by atoms with E-state index < -0.39 is 10.0 Å². The first-order chi connectivity index (χ1) is 16.3. The number of rotatable bonds is 5. The fourth-order valence-corrected chi connectivity index (χ4v) is 6.07. The number of fused-ring (bicyclic) bond motifs is 1. The molecule has 0 atom stereocenters. The number of hydrogen-bond acceptors (Lipinski definition) is 5. The van der Waals surface area contributed by atoms with E-state index in [1.54, 1.807) is 33.2 Å². The SMILES string of the molecule is [B]c1cnn2c(NC3CCN(S(=O)(=O)c4cccc(C)c4)CC3)cc(-c3ccccc3Cl)nc12. The molecular formula is C24H23BClN5O2S. The first kappa shape index (κ1) is 22.9. The summed E-state index contributed by atoms with van der Waals surface area (Å²) in [5.41, 5.74) is 3.42. The minimum atomic E-state index is -3.51. The van der Waals surface area contributed by atoms with E-state index in [0.29, 0.717) is 52.7 Å². The molecule has 1 fully saturated rings. The zero-order valence-electron chi connectivity index (χ0n) is 18.6. The van der Waals surface area contributed by atoms with Crippen molar-refractivity contribution in [3.63, 3.8) is 0 Å². The molecule has 0 amide bonds. The van der Waals surface area contributed by atoms with Gasteiger partial charge in [-0.05, 0) is 49.0 Å². The summed E-state index contributed by atoms with van der Waals surface area (Å²) >= 11 is 6.41. The monoisotopic (exact) mass is 491 g/mol. The average molecular weight is 492 g/mol. The molecule has 0 aliphatic carbocycles. The molecule has 3 heterocycles. The quantitative estimate of drug-likeness (QED) is 0.433. The van der Waals surface area contributed by atoms with Crippen LogP contribution in [0.3, 0.4) is 0 Å². The van der Waals surface area contributed by atoms with E-state index in [9.17, 15) is 8.42 Å². The topological polar surface area (TPSA) is 79.6 Å². The van der Waals surface area contributed by atoms with Gasteiger partial charge in [0.1, 0.15) is 13.7 Å². The van der Waals surface area contributed by atoms with Crippen molar-refractivity contribution in [3.05, 3.63) is 71.4 Å². The zero-order valence-corrected chi connectivity index (χ0v) is 20.2. The van der Waals surface area contributed by atoms with Crippen molar-refractivity contribution in [3.8, 4) is 11.3 Å². The molecule has 2 radical (unpaired) electrons. The summed E-state index contributed by atoms with van der Waals surface area (Å²) in [6.07, 6.45) is 2.89. The van der Waals surface area contributed by atoms with E-state index in [1.165, 1.54) is 0 Å². The van der Waals surface area contributed by atoms with Crippen LogP contribution in [0.1, 0.15) is 18.4 Å². The fraction of sp³-hybridized carbons (Fsp3) is 0.250. The molecule has 1 N–H and O–H groups in total. The Balaban J connectivity index is 1.38. The Kier molecular flexibility index (Phi) is 6.10. The Labute approximate surface area is 205 Å². The lowest BCUT2D eigenvalue weighted by Crippen LogP contribution is -2.42. The van der Waals surface area contributed by atoms with Crippen LogP contribution in [0.25, 0.3) is 16.9 Å². The van der Waals surface area contributed by atoms with Gasteiger partial charge in [-0.2, -0.15) is 13.9 Å². The van der Waals surface area contributed by atoms with Crippen LogP contribution in [0, 0.1) is 6.92 Å². The third-order valence-electron chi connectivity index (χ3n) is 6.08. The van der Waals surface area contributed by atoms with E-state index in [0.717, 1.165) is 16.9 Å². The van der Waals surface area contributed by atoms with Gasteiger partial charge in [-0.3, -0.25) is 0 Å². The van der Waals surface area contributed by atoms with Crippen LogP contribution in [-0.4, -0.2) is 54.3 Å². The lowest BCUT2D eigenvalue weighted by Gasteiger charge is -2.32. The molecule has 7 nitrogen and oxygen atoms in total. The standard InChI is InChI=1S/C24H23BClN5O2S/c1-16-5-4-6-18(13-16)34(32,33)30-11-9-17(10-12-30)28-23-14-22(19-7-2-3-8-21(19)26)29-24-20(25)15-27-31(23)24/h2-8,13-15,17,28H,9-12H2,1H3. The third kappa shape index (κ3) is 4.31. The van der Waals surface area contributed by atoms with Crippen molar-refractivity contribution in [2.24, 2.45) is 0 Å². The summed E-state index contributed by atoms with van der Waals surface area (Å²) in [6.45, 7) is 2.76. The van der Waals surface area contributed by atoms with Gasteiger partial charge in [0, 0.05) is 42.0 Å². The van der Waals surface area contributed by atoms with Crippen LogP contribution in [0.4, 0.5) is 5.82 Å². The van der Waals surface area contributed by atoms with Gasteiger partial charge in [0.25, 0.3) is 0 Å². The molecule has 10 heteroatoms. The van der Waals surface area contributed by atoms with E-state index in [2.05, 4.69) is 15.4 Å². The lowest BCUT2D eigenvalue weighted by molar-refractivity contribution is 0.329. The molecule has 1 saturated heterocycles. The highest BCUT2D eigenvalue weighted by molar-refractivity contribution is 7.89. The lowest BCUT2D eigenvalue weighted by atomic mass is 10.0. The Morgan fingerprint density at radius 3 is 2.59 bits per heavy atom. The zero-order chi connectivity index (χ0) is 23.9. The van der Waals surface area contributed by atoms with Gasteiger partial charge in [0.2, 0.25) is 10.0 Å². The smallest absolute Gasteiger partial charge is 0.243 e. The van der Waals surface area contributed by atoms with Crippen LogP contribution in [-0.2, 0) is 10.0 Å². The summed E-state index contributed by atoms with van der Waals surface area (Å²) in [7, 11) is 2.60. The van der Waals surface area contributed by atoms with Crippen LogP contribution in [0.2, 0.25) is 5.02 Å². The predicted octanol–water partition coefficient (Wildman–Crippen LogP) is 3.42. The second-order valence-electron chi connectivity index (χ2n) is 8.48. The summed E-state index contributed by atoms with van der Waals surface area (Å²) in [6, 6.07) is 16.5. The predicted molar refractivity (Wildman–Crippen MR) is 135 cm³/mol. The van der Waals surface area contributed by atoms with Crippen molar-refractivity contribution >= 4 is 46.4 Å². The number of halogens is 1. The summed E-state index contributed by atoms with van der Waals surface area (Å²) < 4.78 is 29.4. The number of nitrogens with zero attached hydrogens (tertiary/aromatic N) is 4. The highest BCUT2D eigenvalue weighted by Gasteiger charge is 2.30. The molecule has 1 aliphatic heterocycles. The first-order valence-corrected chi connectivity index (χ1v) is 12.9. The average Bonchev–Trinajstić information content (AvgIpc) is 3.21. The van der Waals surface area contributed by atoms with Gasteiger partial charge in [0.15, 0.2) is 5.65 Å². The number of hydrogen-bond donors (Lipinski definition) is 1. The molecule has 0 unspecified atom stereocenters. The van der Waals surface area contributed by atoms with Crippen molar-refractivity contribution in [2.75, 3.05) is 18.4 Å². The van der Waals surface area contributed by atoms with Crippen molar-refractivity contribution in [1.82, 2.24) is 18.9 Å². The van der Waals surface area contributed by atoms with Gasteiger partial charge < -0.3 is 5.32 Å². The maximum Gasteiger partial charge on any atom is 0.243 e. The van der Waals surface area contributed by atoms with Crippen LogP contribution in [0.5, 0.6) is 0 Å². The summed E-state index contributed by atoms with van der Waals surface area (Å²) in [5, 5.41) is 8.49. The Hall–Kier alpha value is -2.88. The van der Waals surface area contributed by atoms with Crippen molar-refractivity contribution in [2.45, 2.75) is 30.7 Å². The highest BCUT2D eigenvalue weighted by atomic mass is 35.5. The second-order valence-corrected chi connectivity index (χ2v) is 10.8. The van der Waals surface area contributed by atoms with Crippen molar-refractivity contribution < 1.29 is 8.42 Å². The number of benzene rings is 2. The van der Waals surface area contributed by atoms with Crippen LogP contribution in [0.15, 0.2) is 65.7 Å². The molecule has 2 aromatic heterocycles. The highest BCUT2D eigenvalue weighted by Crippen LogP contribution is 2.29. The van der Waals surface area contributed by atoms with Gasteiger partial charge in [-0.25, -0.2) is 13.4 Å². The van der Waals surface area contributed by atoms with Gasteiger partial charge in [0.05, 0.1) is 10.6 Å². The number of aromatic nitrogens is 3. The second kappa shape index (κ2) is 9.05. The van der Waals surface area contributed by atoms with E-state index in [1.807, 2.05) is 43.3 Å². The Morgan fingerprint density at radius 1 is 1.09 bits per heavy atom. The van der Waals surface area contributed by atoms with Crippen molar-refractivity contribution in [1.29, 1.82) is 0 Å². The summed E-state index contributed by atoms with van der Waals surface area (Å²) in [4.78, 5) is 5.01. The number of aryl methyl sites for hydroxylation is 1. The molecular weight excluding hydrogens is 469 g/mol. The Bertz CT molecular complexity index is 1470. The molecule has 4 aromatic rings. The van der Waals surface area contributed by atoms with Gasteiger partial charge >= 0.3 is 0 Å². The van der Waals surface area contributed by atoms with E-state index >= 15 is 0 Å². The molecule has 172 valence electrons. The maximum atomic E-state index is 13.1. The van der Waals surface area contributed by atoms with Gasteiger partial charge in [-0.1, -0.05) is 41.9 Å². The molecule has 0 bridgehead atoms. The third-order valence-corrected chi connectivity index (χ3v) is 8.31. The number of piperidine rings is 1. The number of sulfonamides is 1. The van der Waals surface area contributed by atoms with E-state index in [4.69, 9.17) is 19.4 Å². The van der Waals surface area contributed by atoms with Crippen LogP contribution >= 0.6 is 11.6 Å². The maximum absolute atomic E-state index is 13.1. The van der Waals surface area contributed by atoms with Gasteiger partial charge in [-0.15, -0.1) is 0 Å². The number of anilines is 1. The normalized spacial score (nSPS) is 15.6. The molecule has 5 rings (SSSR count). The largest absolute Gasteiger partial charge is 0.367 e. The molecule has 2 aromatic carbocycles. The van der Waals surface area contributed by atoms with Crippen LogP contribution < -0.4 is 10.8 Å². The minimum Gasteiger partial charge on any atom is -0.367 e. The molecule has 34 heavy (non-hydrogen) atoms. The summed E-state index contributed by atoms with van der Waals surface area (Å²) in [5.74, 6) is 0.733. The first-order valence-electron chi connectivity index (χ1n) is 11.1. The Morgan fingerprint density at radius 2 is 1.85 bits per heavy atom. The molecule has 1 aliphatic rings.